The van der Waals surface area contributed by atoms with Gasteiger partial charge in [0.1, 0.15) is 17.2 Å². The maximum atomic E-state index is 12.9. The van der Waals surface area contributed by atoms with Crippen molar-refractivity contribution in [1.29, 1.82) is 0 Å². The largest absolute Gasteiger partial charge is 0.465 e. The summed E-state index contributed by atoms with van der Waals surface area (Å²) in [4.78, 5) is 23.8. The van der Waals surface area contributed by atoms with E-state index in [9.17, 15) is 18.1 Å². The Bertz CT molecular complexity index is 1520. The molecule has 0 bridgehead atoms. The number of esters is 1. The van der Waals surface area contributed by atoms with E-state index < -0.39 is 16.0 Å². The normalized spacial score (nSPS) is 10.9. The highest BCUT2D eigenvalue weighted by Gasteiger charge is 2.20. The minimum absolute atomic E-state index is 0.0276. The van der Waals surface area contributed by atoms with E-state index in [1.807, 2.05) is 37.3 Å². The van der Waals surface area contributed by atoms with Crippen molar-refractivity contribution in [2.75, 3.05) is 11.8 Å². The van der Waals surface area contributed by atoms with Gasteiger partial charge in [0.25, 0.3) is 10.0 Å². The molecule has 0 aliphatic heterocycles. The molecular formula is C27H22N2O6S. The molecule has 4 aromatic rings. The first-order chi connectivity index (χ1) is 17.3. The summed E-state index contributed by atoms with van der Waals surface area (Å²) in [6.07, 6.45) is 0. The second-order valence-electron chi connectivity index (χ2n) is 7.86. The number of carbonyl (C=O) groups is 1. The molecule has 0 heterocycles. The van der Waals surface area contributed by atoms with E-state index in [0.717, 1.165) is 11.1 Å². The molecule has 0 aliphatic carbocycles. The van der Waals surface area contributed by atoms with Gasteiger partial charge in [-0.3, -0.25) is 4.72 Å². The van der Waals surface area contributed by atoms with E-state index in [-0.39, 0.29) is 27.6 Å². The first kappa shape index (κ1) is 24.6. The number of aryl methyl sites for hydroxylation is 1. The van der Waals surface area contributed by atoms with Crippen LogP contribution in [0.3, 0.4) is 0 Å². The highest BCUT2D eigenvalue weighted by Crippen LogP contribution is 2.36. The van der Waals surface area contributed by atoms with E-state index in [1.165, 1.54) is 43.5 Å². The topological polar surface area (TPSA) is 111 Å². The number of nitrogens with one attached hydrogen (secondary N) is 1. The van der Waals surface area contributed by atoms with Crippen molar-refractivity contribution in [2.24, 2.45) is 5.18 Å². The quantitative estimate of drug-likeness (QED) is 0.219. The van der Waals surface area contributed by atoms with Gasteiger partial charge in [0.2, 0.25) is 0 Å². The van der Waals surface area contributed by atoms with Gasteiger partial charge in [-0.2, -0.15) is 0 Å². The fraction of sp³-hybridized carbons (Fsp3) is 0.0741. The smallest absolute Gasteiger partial charge is 0.340 e. The predicted octanol–water partition coefficient (Wildman–Crippen LogP) is 6.44. The fourth-order valence-corrected chi connectivity index (χ4v) is 4.60. The fourth-order valence-electron chi connectivity index (χ4n) is 3.52. The zero-order valence-corrected chi connectivity index (χ0v) is 20.3. The van der Waals surface area contributed by atoms with Crippen LogP contribution in [0.15, 0.2) is 101 Å². The van der Waals surface area contributed by atoms with Crippen LogP contribution in [0.5, 0.6) is 11.5 Å². The first-order valence-electron chi connectivity index (χ1n) is 10.8. The third kappa shape index (κ3) is 5.42. The van der Waals surface area contributed by atoms with Crippen molar-refractivity contribution < 1.29 is 22.7 Å². The monoisotopic (exact) mass is 502 g/mol. The average molecular weight is 503 g/mol. The summed E-state index contributed by atoms with van der Waals surface area (Å²) in [5.74, 6) is -0.0860. The number of methoxy groups -OCH3 is 1. The number of ether oxygens (including phenoxy) is 2. The van der Waals surface area contributed by atoms with Crippen molar-refractivity contribution in [3.63, 3.8) is 0 Å². The summed E-state index contributed by atoms with van der Waals surface area (Å²) in [6, 6.07) is 24.7. The van der Waals surface area contributed by atoms with E-state index in [4.69, 9.17) is 9.47 Å². The van der Waals surface area contributed by atoms with Crippen molar-refractivity contribution in [2.45, 2.75) is 11.8 Å². The molecule has 0 saturated carbocycles. The van der Waals surface area contributed by atoms with E-state index in [0.29, 0.717) is 11.3 Å². The molecule has 0 unspecified atom stereocenters. The maximum Gasteiger partial charge on any atom is 0.340 e. The van der Waals surface area contributed by atoms with Crippen molar-refractivity contribution in [1.82, 2.24) is 0 Å². The number of carbonyl (C=O) groups excluding carboxylic acids is 1. The highest BCUT2D eigenvalue weighted by atomic mass is 32.2. The van der Waals surface area contributed by atoms with Gasteiger partial charge < -0.3 is 9.47 Å². The lowest BCUT2D eigenvalue weighted by molar-refractivity contribution is 0.0601. The van der Waals surface area contributed by atoms with Crippen molar-refractivity contribution in [3.8, 4) is 22.6 Å². The summed E-state index contributed by atoms with van der Waals surface area (Å²) in [5.41, 5.74) is 2.55. The standard InChI is InChI=1S/C27H22N2O6S/c1-18-8-12-22(13-9-18)36(32,33)29-26-15-11-21(17-24(26)27(30)34-2)35-20-10-14-25(28-31)23(16-20)19-6-4-3-5-7-19/h3-17,29H,1-2H3. The Hall–Kier alpha value is -4.50. The first-order valence-corrected chi connectivity index (χ1v) is 12.3. The Morgan fingerprint density at radius 2 is 1.53 bits per heavy atom. The SMILES string of the molecule is COC(=O)c1cc(Oc2ccc(N=O)c(-c3ccccc3)c2)ccc1NS(=O)(=O)c1ccc(C)cc1. The van der Waals surface area contributed by atoms with Gasteiger partial charge in [-0.05, 0) is 66.2 Å². The summed E-state index contributed by atoms with van der Waals surface area (Å²) >= 11 is 0. The Morgan fingerprint density at radius 1 is 0.861 bits per heavy atom. The molecule has 0 spiro atoms. The Balaban J connectivity index is 1.66. The molecule has 0 fully saturated rings. The van der Waals surface area contributed by atoms with E-state index >= 15 is 0 Å². The number of hydrogen-bond acceptors (Lipinski definition) is 7. The third-order valence-corrected chi connectivity index (χ3v) is 6.74. The Labute approximate surface area is 208 Å². The van der Waals surface area contributed by atoms with Gasteiger partial charge >= 0.3 is 5.97 Å². The minimum Gasteiger partial charge on any atom is -0.465 e. The number of benzene rings is 4. The number of nitrogens with zero attached hydrogens (tertiary/aromatic N) is 1. The van der Waals surface area contributed by atoms with Crippen LogP contribution in [0.4, 0.5) is 11.4 Å². The van der Waals surface area contributed by atoms with Gasteiger partial charge in [-0.1, -0.05) is 48.0 Å². The lowest BCUT2D eigenvalue weighted by Crippen LogP contribution is -2.16. The van der Waals surface area contributed by atoms with Gasteiger partial charge in [-0.25, -0.2) is 13.2 Å². The van der Waals surface area contributed by atoms with Crippen LogP contribution in [0.1, 0.15) is 15.9 Å². The van der Waals surface area contributed by atoms with E-state index in [2.05, 4.69) is 9.90 Å². The molecule has 8 nitrogen and oxygen atoms in total. The molecule has 0 aromatic heterocycles. The Kier molecular flexibility index (Phi) is 7.12. The van der Waals surface area contributed by atoms with Crippen molar-refractivity contribution in [3.05, 3.63) is 107 Å². The molecule has 182 valence electrons. The van der Waals surface area contributed by atoms with Crippen LogP contribution in [0.25, 0.3) is 11.1 Å². The molecule has 0 amide bonds. The van der Waals surface area contributed by atoms with Gasteiger partial charge in [-0.15, -0.1) is 4.91 Å². The molecule has 4 rings (SSSR count). The van der Waals surface area contributed by atoms with Crippen LogP contribution in [-0.4, -0.2) is 21.5 Å². The average Bonchev–Trinajstić information content (AvgIpc) is 2.89. The molecular weight excluding hydrogens is 480 g/mol. The predicted molar refractivity (Wildman–Crippen MR) is 137 cm³/mol. The molecule has 4 aromatic carbocycles. The molecule has 0 aliphatic rings. The molecule has 0 radical (unpaired) electrons. The van der Waals surface area contributed by atoms with Gasteiger partial charge in [0.15, 0.2) is 0 Å². The number of anilines is 1. The molecule has 0 atom stereocenters. The number of rotatable bonds is 8. The third-order valence-electron chi connectivity index (χ3n) is 5.36. The second-order valence-corrected chi connectivity index (χ2v) is 9.54. The van der Waals surface area contributed by atoms with Crippen LogP contribution in [0, 0.1) is 11.8 Å². The molecule has 1 N–H and O–H groups in total. The molecule has 36 heavy (non-hydrogen) atoms. The molecule has 0 saturated heterocycles. The summed E-state index contributed by atoms with van der Waals surface area (Å²) in [5, 5.41) is 3.09. The van der Waals surface area contributed by atoms with Crippen LogP contribution in [-0.2, 0) is 14.8 Å². The van der Waals surface area contributed by atoms with E-state index in [1.54, 1.807) is 24.3 Å². The zero-order chi connectivity index (χ0) is 25.7. The number of hydrogen-bond donors (Lipinski definition) is 1. The van der Waals surface area contributed by atoms with Gasteiger partial charge in [0.05, 0.1) is 23.3 Å². The minimum atomic E-state index is -3.95. The summed E-state index contributed by atoms with van der Waals surface area (Å²) < 4.78 is 38.9. The number of sulfonamides is 1. The summed E-state index contributed by atoms with van der Waals surface area (Å²) in [7, 11) is -2.75. The Morgan fingerprint density at radius 3 is 2.19 bits per heavy atom. The van der Waals surface area contributed by atoms with Crippen LogP contribution in [0.2, 0.25) is 0 Å². The second kappa shape index (κ2) is 10.4. The molecule has 9 heteroatoms. The van der Waals surface area contributed by atoms with Crippen molar-refractivity contribution >= 4 is 27.4 Å². The van der Waals surface area contributed by atoms with Crippen LogP contribution >= 0.6 is 0 Å². The maximum absolute atomic E-state index is 12.9. The van der Waals surface area contributed by atoms with Crippen LogP contribution < -0.4 is 9.46 Å². The highest BCUT2D eigenvalue weighted by molar-refractivity contribution is 7.92. The zero-order valence-electron chi connectivity index (χ0n) is 19.5. The lowest BCUT2D eigenvalue weighted by atomic mass is 10.0. The lowest BCUT2D eigenvalue weighted by Gasteiger charge is -2.14. The summed E-state index contributed by atoms with van der Waals surface area (Å²) in [6.45, 7) is 1.85. The van der Waals surface area contributed by atoms with Gasteiger partial charge in [0, 0.05) is 5.56 Å². The number of nitroso groups, excluding NO2 is 1.